The Labute approximate surface area is 231 Å². The van der Waals surface area contributed by atoms with Crippen LogP contribution in [0.25, 0.3) is 11.1 Å². The minimum atomic E-state index is -0.0526. The van der Waals surface area contributed by atoms with Crippen molar-refractivity contribution in [2.45, 2.75) is 24.2 Å². The summed E-state index contributed by atoms with van der Waals surface area (Å²) in [6.45, 7) is 31.2. The van der Waals surface area contributed by atoms with Crippen molar-refractivity contribution in [3.8, 4) is 11.1 Å². The molecule has 0 aromatic heterocycles. The number of alkyl halides is 1. The number of nitrogens with zero attached hydrogens (tertiary/aromatic N) is 1. The summed E-state index contributed by atoms with van der Waals surface area (Å²) in [6, 6.07) is 18.7. The van der Waals surface area contributed by atoms with Gasteiger partial charge in [0, 0.05) is 20.5 Å². The van der Waals surface area contributed by atoms with Gasteiger partial charge in [0.2, 0.25) is 0 Å². The first kappa shape index (κ1) is 28.9. The lowest BCUT2D eigenvalue weighted by molar-refractivity contribution is 0.904. The van der Waals surface area contributed by atoms with E-state index in [1.165, 1.54) is 5.56 Å². The van der Waals surface area contributed by atoms with Gasteiger partial charge in [-0.1, -0.05) is 134 Å². The summed E-state index contributed by atoms with van der Waals surface area (Å²) in [5.41, 5.74) is 8.42. The molecule has 0 saturated carbocycles. The fraction of sp³-hybridized carbons (Fsp3) is 0.118. The number of allylic oxidation sites excluding steroid dienone is 10. The van der Waals surface area contributed by atoms with Crippen molar-refractivity contribution in [3.05, 3.63) is 164 Å². The predicted molar refractivity (Wildman–Crippen MR) is 170 cm³/mol. The molecule has 2 aromatic carbocycles. The van der Waals surface area contributed by atoms with Crippen molar-refractivity contribution < 1.29 is 0 Å². The fourth-order valence-electron chi connectivity index (χ4n) is 3.15. The number of hydrogen-bond donors (Lipinski definition) is 0. The third-order valence-electron chi connectivity index (χ3n) is 5.51. The molecule has 0 aliphatic rings. The zero-order valence-corrected chi connectivity index (χ0v) is 23.9. The van der Waals surface area contributed by atoms with Gasteiger partial charge in [-0.3, -0.25) is 0 Å². The predicted octanol–water partition coefficient (Wildman–Crippen LogP) is 10.3. The highest BCUT2D eigenvalue weighted by Gasteiger charge is 2.16. The minimum absolute atomic E-state index is 0.0526. The van der Waals surface area contributed by atoms with Gasteiger partial charge in [0.25, 0.3) is 0 Å². The maximum absolute atomic E-state index is 4.34. The highest BCUT2D eigenvalue weighted by molar-refractivity contribution is 14.1. The lowest BCUT2D eigenvalue weighted by atomic mass is 10.0. The van der Waals surface area contributed by atoms with E-state index >= 15 is 0 Å². The molecule has 0 amide bonds. The average Bonchev–Trinajstić information content (AvgIpc) is 2.84. The van der Waals surface area contributed by atoms with Gasteiger partial charge in [0.15, 0.2) is 0 Å². The first-order valence-corrected chi connectivity index (χ1v) is 12.8. The van der Waals surface area contributed by atoms with E-state index in [4.69, 9.17) is 0 Å². The highest BCUT2D eigenvalue weighted by atomic mass is 127. The van der Waals surface area contributed by atoms with E-state index in [9.17, 15) is 0 Å². The molecule has 0 atom stereocenters. The van der Waals surface area contributed by atoms with Crippen LogP contribution in [0.5, 0.6) is 0 Å². The van der Waals surface area contributed by atoms with E-state index in [2.05, 4.69) is 112 Å². The number of halogens is 1. The molecule has 0 radical (unpaired) electrons. The maximum Gasteiger partial charge on any atom is 0.0461 e. The quantitative estimate of drug-likeness (QED) is 0.136. The van der Waals surface area contributed by atoms with Crippen LogP contribution in [0.4, 0.5) is 5.69 Å². The Kier molecular flexibility index (Phi) is 10.5. The molecule has 0 unspecified atom stereocenters. The molecule has 2 heteroatoms. The Balaban J connectivity index is 2.36. The van der Waals surface area contributed by atoms with E-state index in [1.54, 1.807) is 0 Å². The second-order valence-electron chi connectivity index (χ2n) is 9.13. The van der Waals surface area contributed by atoms with Gasteiger partial charge in [0.1, 0.15) is 0 Å². The number of rotatable bonds is 12. The molecule has 184 valence electrons. The van der Waals surface area contributed by atoms with Gasteiger partial charge in [-0.25, -0.2) is 0 Å². The molecule has 0 aliphatic heterocycles. The molecular weight excluding hydrogens is 549 g/mol. The molecular formula is C34H36IN. The molecule has 0 spiro atoms. The first-order valence-electron chi connectivity index (χ1n) is 11.7. The van der Waals surface area contributed by atoms with Crippen LogP contribution >= 0.6 is 22.6 Å². The summed E-state index contributed by atoms with van der Waals surface area (Å²) in [4.78, 5) is 2.02. The van der Waals surface area contributed by atoms with Gasteiger partial charge in [-0.05, 0) is 72.9 Å². The number of hydrogen-bond acceptors (Lipinski definition) is 1. The van der Waals surface area contributed by atoms with Crippen LogP contribution in [0.3, 0.4) is 0 Å². The van der Waals surface area contributed by atoms with Crippen molar-refractivity contribution in [2.24, 2.45) is 0 Å². The van der Waals surface area contributed by atoms with Crippen LogP contribution in [-0.2, 0) is 0 Å². The Morgan fingerprint density at radius 1 is 0.667 bits per heavy atom. The Bertz CT molecular complexity index is 1240. The monoisotopic (exact) mass is 585 g/mol. The topological polar surface area (TPSA) is 3.24 Å². The molecule has 0 heterocycles. The van der Waals surface area contributed by atoms with E-state index < -0.39 is 0 Å². The standard InChI is InChI=1S/C34H36IN/c1-25(2)15-16-26(3)27(4)17-19-29(6)36(30(7)20-18-28(5)34(8,9)35)33-23-21-32(22-24-33)31-13-11-10-12-14-31/h10-24H,1,3-7H2,2,8-9H3/b16-15-,19-17-,20-18-. The van der Waals surface area contributed by atoms with Crippen molar-refractivity contribution in [3.63, 3.8) is 0 Å². The first-order chi connectivity index (χ1) is 16.9. The molecule has 2 rings (SSSR count). The largest absolute Gasteiger partial charge is 0.312 e. The molecule has 0 N–H and O–H groups in total. The Morgan fingerprint density at radius 3 is 1.64 bits per heavy atom. The van der Waals surface area contributed by atoms with Crippen LogP contribution in [0.15, 0.2) is 164 Å². The molecule has 0 saturated heterocycles. The lowest BCUT2D eigenvalue weighted by Crippen LogP contribution is -2.19. The van der Waals surface area contributed by atoms with Crippen molar-refractivity contribution in [2.75, 3.05) is 4.90 Å². The summed E-state index contributed by atoms with van der Waals surface area (Å²) in [5.74, 6) is 0. The average molecular weight is 586 g/mol. The number of anilines is 1. The Hall–Kier alpha value is -3.37. The number of benzene rings is 2. The van der Waals surface area contributed by atoms with Crippen LogP contribution in [-0.4, -0.2) is 3.42 Å². The molecule has 0 aliphatic carbocycles. The molecule has 1 nitrogen and oxygen atoms in total. The summed E-state index contributed by atoms with van der Waals surface area (Å²) in [6.07, 6.45) is 11.7. The second-order valence-corrected chi connectivity index (χ2v) is 11.8. The van der Waals surface area contributed by atoms with E-state index in [-0.39, 0.29) is 3.42 Å². The third kappa shape index (κ3) is 8.69. The lowest BCUT2D eigenvalue weighted by Gasteiger charge is -2.26. The molecule has 2 aromatic rings. The van der Waals surface area contributed by atoms with Crippen molar-refractivity contribution in [1.29, 1.82) is 0 Å². The van der Waals surface area contributed by atoms with E-state index in [0.29, 0.717) is 0 Å². The van der Waals surface area contributed by atoms with Gasteiger partial charge in [-0.2, -0.15) is 0 Å². The van der Waals surface area contributed by atoms with Gasteiger partial charge in [-0.15, -0.1) is 0 Å². The maximum atomic E-state index is 4.34. The van der Waals surface area contributed by atoms with Crippen LogP contribution in [0.1, 0.15) is 20.8 Å². The normalized spacial score (nSPS) is 11.7. The minimum Gasteiger partial charge on any atom is -0.312 e. The Morgan fingerprint density at radius 2 is 1.14 bits per heavy atom. The molecule has 0 bridgehead atoms. The van der Waals surface area contributed by atoms with Crippen LogP contribution in [0, 0.1) is 0 Å². The van der Waals surface area contributed by atoms with E-state index in [0.717, 1.165) is 44.9 Å². The summed E-state index contributed by atoms with van der Waals surface area (Å²) >= 11 is 2.39. The van der Waals surface area contributed by atoms with Gasteiger partial charge >= 0.3 is 0 Å². The molecule has 0 fully saturated rings. The third-order valence-corrected chi connectivity index (χ3v) is 6.20. The van der Waals surface area contributed by atoms with E-state index in [1.807, 2.05) is 66.5 Å². The summed E-state index contributed by atoms with van der Waals surface area (Å²) in [7, 11) is 0. The SMILES string of the molecule is C=C(C)/C=C\C(=C)C(=C)/C=C\C(=C)N(C(=C)/C=C\C(=C)C(C)(C)I)c1ccc(-c2ccccc2)cc1. The van der Waals surface area contributed by atoms with Crippen LogP contribution in [0.2, 0.25) is 0 Å². The van der Waals surface area contributed by atoms with Crippen LogP contribution < -0.4 is 4.90 Å². The smallest absolute Gasteiger partial charge is 0.0461 e. The zero-order valence-electron chi connectivity index (χ0n) is 21.7. The highest BCUT2D eigenvalue weighted by Crippen LogP contribution is 2.30. The summed E-state index contributed by atoms with van der Waals surface area (Å²) < 4.78 is -0.0526. The van der Waals surface area contributed by atoms with Gasteiger partial charge in [0.05, 0.1) is 0 Å². The van der Waals surface area contributed by atoms with Gasteiger partial charge < -0.3 is 4.90 Å². The second kappa shape index (κ2) is 13.1. The van der Waals surface area contributed by atoms with Crippen molar-refractivity contribution >= 4 is 28.3 Å². The fourth-order valence-corrected chi connectivity index (χ4v) is 3.33. The zero-order chi connectivity index (χ0) is 26.9. The summed E-state index contributed by atoms with van der Waals surface area (Å²) in [5, 5.41) is 0. The molecule has 36 heavy (non-hydrogen) atoms. The van der Waals surface area contributed by atoms with Crippen molar-refractivity contribution in [1.82, 2.24) is 0 Å².